The van der Waals surface area contributed by atoms with E-state index >= 15 is 0 Å². The Hall–Kier alpha value is -1.57. The van der Waals surface area contributed by atoms with Gasteiger partial charge in [0.05, 0.1) is 0 Å². The summed E-state index contributed by atoms with van der Waals surface area (Å²) >= 11 is 0. The van der Waals surface area contributed by atoms with E-state index < -0.39 is 0 Å². The Labute approximate surface area is 78.1 Å². The van der Waals surface area contributed by atoms with E-state index in [0.717, 1.165) is 11.8 Å². The van der Waals surface area contributed by atoms with E-state index in [1.165, 1.54) is 0 Å². The largest absolute Gasteiger partial charge is 0.398 e. The van der Waals surface area contributed by atoms with Gasteiger partial charge >= 0.3 is 0 Å². The highest BCUT2D eigenvalue weighted by atomic mass is 16.1. The molecule has 0 atom stereocenters. The van der Waals surface area contributed by atoms with Crippen molar-refractivity contribution < 1.29 is 4.79 Å². The second kappa shape index (κ2) is 4.45. The Morgan fingerprint density at radius 2 is 2.00 bits per heavy atom. The van der Waals surface area contributed by atoms with Gasteiger partial charge in [0.1, 0.15) is 6.29 Å². The molecule has 1 rings (SSSR count). The first-order chi connectivity index (χ1) is 6.29. The molecule has 2 N–H and O–H groups in total. The van der Waals surface area contributed by atoms with Crippen LogP contribution in [0.3, 0.4) is 0 Å². The van der Waals surface area contributed by atoms with Gasteiger partial charge in [0.15, 0.2) is 0 Å². The predicted octanol–water partition coefficient (Wildman–Crippen LogP) is 1.97. The summed E-state index contributed by atoms with van der Waals surface area (Å²) in [6.45, 7) is 1.92. The quantitative estimate of drug-likeness (QED) is 0.563. The van der Waals surface area contributed by atoms with Gasteiger partial charge in [0.2, 0.25) is 0 Å². The Morgan fingerprint density at radius 3 is 2.46 bits per heavy atom. The average Bonchev–Trinajstić information content (AvgIpc) is 2.21. The summed E-state index contributed by atoms with van der Waals surface area (Å²) < 4.78 is 0. The van der Waals surface area contributed by atoms with Crippen molar-refractivity contribution in [3.05, 3.63) is 41.5 Å². The number of rotatable bonds is 3. The minimum atomic E-state index is 0.582. The second-order valence-corrected chi connectivity index (χ2v) is 2.78. The summed E-state index contributed by atoms with van der Waals surface area (Å²) in [6.07, 6.45) is 1.49. The molecule has 0 amide bonds. The van der Waals surface area contributed by atoms with Crippen LogP contribution in [0, 0.1) is 0 Å². The SMILES string of the molecule is CC/C(C=O)=C(/N)c1ccccc1. The lowest BCUT2D eigenvalue weighted by atomic mass is 10.1. The second-order valence-electron chi connectivity index (χ2n) is 2.78. The average molecular weight is 175 g/mol. The van der Waals surface area contributed by atoms with Crippen LogP contribution in [0.15, 0.2) is 35.9 Å². The molecule has 2 nitrogen and oxygen atoms in total. The van der Waals surface area contributed by atoms with Crippen LogP contribution in [-0.2, 0) is 4.79 Å². The first kappa shape index (κ1) is 9.52. The standard InChI is InChI=1S/C11H13NO/c1-2-9(8-13)11(12)10-6-4-3-5-7-10/h3-8H,2,12H2,1H3/b11-9-. The lowest BCUT2D eigenvalue weighted by molar-refractivity contribution is -0.104. The zero-order chi connectivity index (χ0) is 9.68. The highest BCUT2D eigenvalue weighted by Crippen LogP contribution is 2.13. The maximum atomic E-state index is 10.6. The summed E-state index contributed by atoms with van der Waals surface area (Å²) in [4.78, 5) is 10.6. The molecule has 0 saturated heterocycles. The number of benzene rings is 1. The summed E-state index contributed by atoms with van der Waals surface area (Å²) in [5.41, 5.74) is 7.96. The Bertz CT molecular complexity index is 314. The van der Waals surface area contributed by atoms with Gasteiger partial charge in [0.25, 0.3) is 0 Å². The van der Waals surface area contributed by atoms with E-state index in [1.807, 2.05) is 37.3 Å². The third kappa shape index (κ3) is 2.18. The smallest absolute Gasteiger partial charge is 0.148 e. The molecule has 0 aliphatic carbocycles. The molecule has 0 aromatic heterocycles. The highest BCUT2D eigenvalue weighted by Gasteiger charge is 2.01. The Balaban J connectivity index is 3.08. The first-order valence-electron chi connectivity index (χ1n) is 4.28. The summed E-state index contributed by atoms with van der Waals surface area (Å²) in [6, 6.07) is 9.52. The topological polar surface area (TPSA) is 43.1 Å². The summed E-state index contributed by atoms with van der Waals surface area (Å²) in [5, 5.41) is 0. The van der Waals surface area contributed by atoms with Crippen molar-refractivity contribution in [2.24, 2.45) is 5.73 Å². The molecule has 0 aliphatic rings. The fourth-order valence-corrected chi connectivity index (χ4v) is 1.14. The number of nitrogens with two attached hydrogens (primary N) is 1. The number of hydrogen-bond acceptors (Lipinski definition) is 2. The minimum absolute atomic E-state index is 0.582. The van der Waals surface area contributed by atoms with Crippen LogP contribution in [0.1, 0.15) is 18.9 Å². The van der Waals surface area contributed by atoms with E-state index in [2.05, 4.69) is 0 Å². The predicted molar refractivity (Wildman–Crippen MR) is 53.9 cm³/mol. The van der Waals surface area contributed by atoms with Gasteiger partial charge in [-0.3, -0.25) is 4.79 Å². The Morgan fingerprint density at radius 1 is 1.38 bits per heavy atom. The zero-order valence-corrected chi connectivity index (χ0v) is 7.66. The first-order valence-corrected chi connectivity index (χ1v) is 4.28. The van der Waals surface area contributed by atoms with Crippen LogP contribution < -0.4 is 5.73 Å². The molecule has 0 aliphatic heterocycles. The van der Waals surface area contributed by atoms with Crippen LogP contribution in [0.4, 0.5) is 0 Å². The van der Waals surface area contributed by atoms with E-state index in [-0.39, 0.29) is 0 Å². The lowest BCUT2D eigenvalue weighted by Crippen LogP contribution is -2.01. The number of aldehydes is 1. The van der Waals surface area contributed by atoms with Crippen molar-refractivity contribution in [2.75, 3.05) is 0 Å². The van der Waals surface area contributed by atoms with Crippen molar-refractivity contribution >= 4 is 12.0 Å². The molecule has 0 heterocycles. The number of carbonyl (C=O) groups excluding carboxylic acids is 1. The molecule has 1 aromatic rings. The highest BCUT2D eigenvalue weighted by molar-refractivity contribution is 5.86. The van der Waals surface area contributed by atoms with Gasteiger partial charge in [-0.2, -0.15) is 0 Å². The van der Waals surface area contributed by atoms with Crippen molar-refractivity contribution in [3.8, 4) is 0 Å². The molecule has 0 unspecified atom stereocenters. The van der Waals surface area contributed by atoms with Crippen molar-refractivity contribution in [2.45, 2.75) is 13.3 Å². The Kier molecular flexibility index (Phi) is 3.26. The van der Waals surface area contributed by atoms with Crippen LogP contribution in [0.2, 0.25) is 0 Å². The maximum Gasteiger partial charge on any atom is 0.148 e. The fourth-order valence-electron chi connectivity index (χ4n) is 1.14. The number of carbonyl (C=O) groups is 1. The maximum absolute atomic E-state index is 10.6. The molecule has 0 bridgehead atoms. The molecule has 2 heteroatoms. The number of hydrogen-bond donors (Lipinski definition) is 1. The fraction of sp³-hybridized carbons (Fsp3) is 0.182. The van der Waals surface area contributed by atoms with Crippen molar-refractivity contribution in [1.82, 2.24) is 0 Å². The molecule has 0 spiro atoms. The van der Waals surface area contributed by atoms with Crippen LogP contribution >= 0.6 is 0 Å². The van der Waals surface area contributed by atoms with Gasteiger partial charge in [-0.25, -0.2) is 0 Å². The monoisotopic (exact) mass is 175 g/mol. The van der Waals surface area contributed by atoms with Crippen molar-refractivity contribution in [1.29, 1.82) is 0 Å². The van der Waals surface area contributed by atoms with Crippen LogP contribution in [0.5, 0.6) is 0 Å². The van der Waals surface area contributed by atoms with Gasteiger partial charge in [-0.1, -0.05) is 37.3 Å². The zero-order valence-electron chi connectivity index (χ0n) is 7.66. The molecule has 0 radical (unpaired) electrons. The molecule has 1 aromatic carbocycles. The van der Waals surface area contributed by atoms with Gasteiger partial charge in [-0.05, 0) is 12.0 Å². The molecule has 13 heavy (non-hydrogen) atoms. The van der Waals surface area contributed by atoms with Gasteiger partial charge in [0, 0.05) is 11.3 Å². The summed E-state index contributed by atoms with van der Waals surface area (Å²) in [5.74, 6) is 0. The van der Waals surface area contributed by atoms with Gasteiger partial charge < -0.3 is 5.73 Å². The third-order valence-corrected chi connectivity index (χ3v) is 1.95. The molecular formula is C11H13NO. The molecule has 0 fully saturated rings. The van der Waals surface area contributed by atoms with Crippen molar-refractivity contribution in [3.63, 3.8) is 0 Å². The minimum Gasteiger partial charge on any atom is -0.398 e. The number of allylic oxidation sites excluding steroid dienone is 1. The molecule has 68 valence electrons. The molecule has 0 saturated carbocycles. The van der Waals surface area contributed by atoms with E-state index in [1.54, 1.807) is 0 Å². The van der Waals surface area contributed by atoms with Crippen LogP contribution in [-0.4, -0.2) is 6.29 Å². The van der Waals surface area contributed by atoms with E-state index in [4.69, 9.17) is 5.73 Å². The molecular weight excluding hydrogens is 162 g/mol. The lowest BCUT2D eigenvalue weighted by Gasteiger charge is -2.03. The van der Waals surface area contributed by atoms with E-state index in [9.17, 15) is 4.79 Å². The van der Waals surface area contributed by atoms with Crippen LogP contribution in [0.25, 0.3) is 5.70 Å². The third-order valence-electron chi connectivity index (χ3n) is 1.95. The summed E-state index contributed by atoms with van der Waals surface area (Å²) in [7, 11) is 0. The normalized spacial score (nSPS) is 12.1. The van der Waals surface area contributed by atoms with E-state index in [0.29, 0.717) is 17.7 Å². The van der Waals surface area contributed by atoms with Gasteiger partial charge in [-0.15, -0.1) is 0 Å².